The highest BCUT2D eigenvalue weighted by molar-refractivity contribution is 5.31. The summed E-state index contributed by atoms with van der Waals surface area (Å²) in [6.45, 7) is 1.63. The van der Waals surface area contributed by atoms with E-state index in [1.807, 2.05) is 9.58 Å². The summed E-state index contributed by atoms with van der Waals surface area (Å²) in [7, 11) is 0. The maximum atomic E-state index is 8.69. The van der Waals surface area contributed by atoms with Crippen molar-refractivity contribution in [3.05, 3.63) is 30.4 Å². The van der Waals surface area contributed by atoms with Gasteiger partial charge in [0.05, 0.1) is 24.0 Å². The molecule has 3 rings (SSSR count). The van der Waals surface area contributed by atoms with Gasteiger partial charge in [0, 0.05) is 19.3 Å². The quantitative estimate of drug-likeness (QED) is 0.741. The number of aromatic nitrogens is 3. The van der Waals surface area contributed by atoms with Crippen molar-refractivity contribution < 1.29 is 4.42 Å². The summed E-state index contributed by atoms with van der Waals surface area (Å²) in [5.74, 6) is 0. The molecule has 6 nitrogen and oxygen atoms in total. The monoisotopic (exact) mass is 215 g/mol. The van der Waals surface area contributed by atoms with Crippen molar-refractivity contribution >= 4 is 6.01 Å². The van der Waals surface area contributed by atoms with Crippen LogP contribution in [0.4, 0.5) is 6.01 Å². The average Bonchev–Trinajstić information content (AvgIpc) is 2.85. The van der Waals surface area contributed by atoms with Gasteiger partial charge in [0.2, 0.25) is 0 Å². The molecule has 0 bridgehead atoms. The number of rotatable bonds is 2. The Kier molecular flexibility index (Phi) is 1.90. The third kappa shape index (κ3) is 1.34. The van der Waals surface area contributed by atoms with E-state index in [0.717, 1.165) is 13.1 Å². The van der Waals surface area contributed by atoms with E-state index in [9.17, 15) is 0 Å². The summed E-state index contributed by atoms with van der Waals surface area (Å²) in [4.78, 5) is 6.09. The van der Waals surface area contributed by atoms with Crippen LogP contribution in [-0.4, -0.2) is 27.9 Å². The van der Waals surface area contributed by atoms with Crippen LogP contribution >= 0.6 is 0 Å². The van der Waals surface area contributed by atoms with Gasteiger partial charge in [0.15, 0.2) is 0 Å². The van der Waals surface area contributed by atoms with Crippen molar-refractivity contribution in [1.29, 1.82) is 5.26 Å². The highest BCUT2D eigenvalue weighted by atomic mass is 16.4. The van der Waals surface area contributed by atoms with Gasteiger partial charge in [-0.15, -0.1) is 0 Å². The van der Waals surface area contributed by atoms with Gasteiger partial charge in [-0.3, -0.25) is 4.68 Å². The number of anilines is 1. The molecule has 0 amide bonds. The number of hydrogen-bond donors (Lipinski definition) is 0. The van der Waals surface area contributed by atoms with E-state index >= 15 is 0 Å². The molecule has 0 aromatic carbocycles. The number of nitrogens with zero attached hydrogens (tertiary/aromatic N) is 5. The van der Waals surface area contributed by atoms with Gasteiger partial charge in [-0.2, -0.15) is 10.4 Å². The van der Waals surface area contributed by atoms with Gasteiger partial charge in [-0.25, -0.2) is 4.98 Å². The van der Waals surface area contributed by atoms with Crippen molar-refractivity contribution in [2.45, 2.75) is 6.04 Å². The first-order valence-corrected chi connectivity index (χ1v) is 4.95. The molecular weight excluding hydrogens is 206 g/mol. The van der Waals surface area contributed by atoms with Gasteiger partial charge in [-0.1, -0.05) is 0 Å². The topological polar surface area (TPSA) is 70.9 Å². The van der Waals surface area contributed by atoms with Gasteiger partial charge >= 0.3 is 0 Å². The largest absolute Gasteiger partial charge is 0.432 e. The molecule has 6 heteroatoms. The number of oxazole rings is 1. The Morgan fingerprint density at radius 2 is 2.38 bits per heavy atom. The van der Waals surface area contributed by atoms with Crippen LogP contribution in [0.25, 0.3) is 0 Å². The molecular formula is C10H9N5O. The lowest BCUT2D eigenvalue weighted by Gasteiger charge is -2.37. The van der Waals surface area contributed by atoms with E-state index in [1.165, 1.54) is 0 Å². The maximum absolute atomic E-state index is 8.69. The lowest BCUT2D eigenvalue weighted by atomic mass is 10.1. The Bertz CT molecular complexity index is 518. The molecule has 2 aromatic rings. The van der Waals surface area contributed by atoms with E-state index < -0.39 is 0 Å². The zero-order valence-electron chi connectivity index (χ0n) is 8.45. The summed E-state index contributed by atoms with van der Waals surface area (Å²) in [6.07, 6.45) is 6.53. The first-order valence-electron chi connectivity index (χ1n) is 4.95. The van der Waals surface area contributed by atoms with Crippen molar-refractivity contribution in [3.8, 4) is 6.07 Å². The summed E-state index contributed by atoms with van der Waals surface area (Å²) >= 11 is 0. The molecule has 0 saturated carbocycles. The van der Waals surface area contributed by atoms with E-state index in [4.69, 9.17) is 9.68 Å². The van der Waals surface area contributed by atoms with Crippen molar-refractivity contribution in [2.75, 3.05) is 18.0 Å². The lowest BCUT2D eigenvalue weighted by Crippen LogP contribution is -2.48. The van der Waals surface area contributed by atoms with Gasteiger partial charge < -0.3 is 9.32 Å². The van der Waals surface area contributed by atoms with Crippen molar-refractivity contribution in [3.63, 3.8) is 0 Å². The summed E-state index contributed by atoms with van der Waals surface area (Å²) in [6, 6.07) is 3.00. The Balaban J connectivity index is 1.67. The molecule has 80 valence electrons. The van der Waals surface area contributed by atoms with E-state index in [-0.39, 0.29) is 0 Å². The molecule has 16 heavy (non-hydrogen) atoms. The summed E-state index contributed by atoms with van der Waals surface area (Å²) < 4.78 is 7.00. The fourth-order valence-corrected chi connectivity index (χ4v) is 1.75. The number of hydrogen-bond acceptors (Lipinski definition) is 5. The predicted octanol–water partition coefficient (Wildman–Crippen LogP) is 0.804. The molecule has 1 saturated heterocycles. The van der Waals surface area contributed by atoms with Gasteiger partial charge in [-0.05, 0) is 0 Å². The predicted molar refractivity (Wildman–Crippen MR) is 54.7 cm³/mol. The van der Waals surface area contributed by atoms with Crippen LogP contribution in [-0.2, 0) is 0 Å². The van der Waals surface area contributed by atoms with E-state index in [1.54, 1.807) is 24.9 Å². The molecule has 0 unspecified atom stereocenters. The molecule has 0 aliphatic carbocycles. The minimum atomic E-state index is 0.300. The zero-order valence-corrected chi connectivity index (χ0v) is 8.45. The number of nitriles is 1. The smallest absolute Gasteiger partial charge is 0.297 e. The Morgan fingerprint density at radius 3 is 3.00 bits per heavy atom. The zero-order chi connectivity index (χ0) is 11.0. The second-order valence-electron chi connectivity index (χ2n) is 3.69. The molecule has 0 spiro atoms. The van der Waals surface area contributed by atoms with Crippen molar-refractivity contribution in [1.82, 2.24) is 14.8 Å². The Labute approximate surface area is 91.7 Å². The Hall–Kier alpha value is -2.29. The highest BCUT2D eigenvalue weighted by Crippen LogP contribution is 2.25. The third-order valence-corrected chi connectivity index (χ3v) is 2.66. The molecule has 2 aromatic heterocycles. The molecule has 0 N–H and O–H groups in total. The van der Waals surface area contributed by atoms with Crippen LogP contribution in [0.3, 0.4) is 0 Å². The second-order valence-corrected chi connectivity index (χ2v) is 3.69. The van der Waals surface area contributed by atoms with Crippen LogP contribution < -0.4 is 4.90 Å². The molecule has 1 fully saturated rings. The van der Waals surface area contributed by atoms with Crippen molar-refractivity contribution in [2.24, 2.45) is 0 Å². The molecule has 0 radical (unpaired) electrons. The fourth-order valence-electron chi connectivity index (χ4n) is 1.75. The fraction of sp³-hybridized carbons (Fsp3) is 0.300. The molecule has 3 heterocycles. The van der Waals surface area contributed by atoms with E-state index in [0.29, 0.717) is 17.6 Å². The minimum absolute atomic E-state index is 0.300. The standard InChI is InChI=1S/C10H9N5O/c11-3-8-4-13-15(5-8)9-6-14(7-9)10-12-1-2-16-10/h1-2,4-5,9H,6-7H2. The van der Waals surface area contributed by atoms with Gasteiger partial charge in [0.1, 0.15) is 12.3 Å². The first kappa shape index (κ1) is 8.97. The molecule has 0 atom stereocenters. The van der Waals surface area contributed by atoms with Gasteiger partial charge in [0.25, 0.3) is 6.01 Å². The second kappa shape index (κ2) is 3.38. The molecule has 1 aliphatic heterocycles. The Morgan fingerprint density at radius 1 is 1.50 bits per heavy atom. The lowest BCUT2D eigenvalue weighted by molar-refractivity contribution is 0.344. The summed E-state index contributed by atoms with van der Waals surface area (Å²) in [5.41, 5.74) is 0.592. The SMILES string of the molecule is N#Cc1cnn(C2CN(c3ncco3)C2)c1. The van der Waals surface area contributed by atoms with Crippen LogP contribution in [0.1, 0.15) is 11.6 Å². The highest BCUT2D eigenvalue weighted by Gasteiger charge is 2.31. The first-order chi connectivity index (χ1) is 7.86. The van der Waals surface area contributed by atoms with Crippen LogP contribution in [0.2, 0.25) is 0 Å². The maximum Gasteiger partial charge on any atom is 0.297 e. The van der Waals surface area contributed by atoms with Crippen LogP contribution in [0, 0.1) is 11.3 Å². The van der Waals surface area contributed by atoms with E-state index in [2.05, 4.69) is 16.2 Å². The normalized spacial score (nSPS) is 15.8. The molecule has 1 aliphatic rings. The average molecular weight is 215 g/mol. The third-order valence-electron chi connectivity index (χ3n) is 2.66. The van der Waals surface area contributed by atoms with Crippen LogP contribution in [0.5, 0.6) is 0 Å². The van der Waals surface area contributed by atoms with Crippen LogP contribution in [0.15, 0.2) is 29.3 Å². The minimum Gasteiger partial charge on any atom is -0.432 e. The summed E-state index contributed by atoms with van der Waals surface area (Å²) in [5, 5.41) is 12.8.